The molecule has 2 fully saturated rings. The Morgan fingerprint density at radius 3 is 2.34 bits per heavy atom. The van der Waals surface area contributed by atoms with Crippen molar-refractivity contribution in [1.82, 2.24) is 18.8 Å². The van der Waals surface area contributed by atoms with E-state index < -0.39 is 0 Å². The number of nitrogens with zero attached hydrogens (tertiary/aromatic N) is 5. The summed E-state index contributed by atoms with van der Waals surface area (Å²) < 4.78 is 26.7. The number of aryl methyl sites for hydroxylation is 2. The van der Waals surface area contributed by atoms with Crippen LogP contribution >= 0.6 is 12.3 Å². The normalized spacial score (nSPS) is 18.1. The highest BCUT2D eigenvalue weighted by Gasteiger charge is 2.30. The number of amidine groups is 1. The summed E-state index contributed by atoms with van der Waals surface area (Å²) in [5.41, 5.74) is 2.52. The maximum atomic E-state index is 14.4. The topological polar surface area (TPSA) is 72.2 Å². The Morgan fingerprint density at radius 1 is 1.11 bits per heavy atom. The number of benzene rings is 1. The summed E-state index contributed by atoms with van der Waals surface area (Å²) in [7, 11) is 0. The summed E-state index contributed by atoms with van der Waals surface area (Å²) in [6.07, 6.45) is -0.130. The summed E-state index contributed by atoms with van der Waals surface area (Å²) in [6, 6.07) is 7.25. The lowest BCUT2D eigenvalue weighted by Crippen LogP contribution is -2.45. The summed E-state index contributed by atoms with van der Waals surface area (Å²) in [4.78, 5) is 27.1. The molecule has 0 spiro atoms. The first-order chi connectivity index (χ1) is 17.0. The van der Waals surface area contributed by atoms with Crippen LogP contribution in [0.15, 0.2) is 42.4 Å². The zero-order chi connectivity index (χ0) is 25.4. The van der Waals surface area contributed by atoms with Crippen molar-refractivity contribution in [3.05, 3.63) is 65.8 Å². The Hall–Kier alpha value is -2.53. The second kappa shape index (κ2) is 13.0. The minimum absolute atomic E-state index is 0.0139. The minimum Gasteiger partial charge on any atom is -0.379 e. The van der Waals surface area contributed by atoms with Crippen LogP contribution in [0.3, 0.4) is 0 Å². The van der Waals surface area contributed by atoms with Gasteiger partial charge in [-0.15, -0.1) is 17.0 Å². The highest BCUT2D eigenvalue weighted by Crippen LogP contribution is 2.25. The van der Waals surface area contributed by atoms with Crippen molar-refractivity contribution in [2.45, 2.75) is 26.9 Å². The number of halogens is 1. The number of aliphatic imine (C=N–C) groups is 1. The molecular weight excluding hydrogens is 469 g/mol. The molecule has 1 unspecified atom stereocenters. The van der Waals surface area contributed by atoms with Crippen LogP contribution in [-0.4, -0.2) is 89.1 Å². The van der Waals surface area contributed by atoms with Gasteiger partial charge in [0.1, 0.15) is 11.9 Å². The molecule has 2 aliphatic rings. The molecule has 1 aromatic heterocycles. The first-order valence-corrected chi connectivity index (χ1v) is 12.4. The van der Waals surface area contributed by atoms with Crippen molar-refractivity contribution in [2.75, 3.05) is 52.6 Å². The molecule has 2 aromatic rings. The van der Waals surface area contributed by atoms with Crippen LogP contribution in [0.4, 0.5) is 3.89 Å². The first-order valence-electron chi connectivity index (χ1n) is 11.7. The van der Waals surface area contributed by atoms with Crippen LogP contribution in [0.5, 0.6) is 0 Å². The van der Waals surface area contributed by atoms with Gasteiger partial charge >= 0.3 is 0 Å². The maximum Gasteiger partial charge on any atom is 0.229 e. The van der Waals surface area contributed by atoms with E-state index in [0.717, 1.165) is 18.7 Å². The molecule has 1 atom stereocenters. The fraction of sp³-hybridized carbons (Fsp3) is 0.480. The van der Waals surface area contributed by atoms with Crippen molar-refractivity contribution in [3.8, 4) is 0 Å². The van der Waals surface area contributed by atoms with Crippen LogP contribution in [0.2, 0.25) is 0 Å². The molecular formula is C25H34FN5O3S. The number of ether oxygens (including phenoxy) is 2. The first kappa shape index (κ1) is 27.1. The van der Waals surface area contributed by atoms with Crippen LogP contribution in [-0.2, 0) is 9.47 Å². The van der Waals surface area contributed by atoms with Gasteiger partial charge < -0.3 is 14.4 Å². The lowest BCUT2D eigenvalue weighted by Gasteiger charge is -2.34. The molecule has 0 bridgehead atoms. The molecule has 4 rings (SSSR count). The van der Waals surface area contributed by atoms with Crippen LogP contribution in [0.1, 0.15) is 40.1 Å². The standard InChI is InChI=1S/C23H30FN5O3S.C2H4/c1-16-5-4-6-19(15-16)21(30)23-25-17(2)20(29(23)33-24)22(28-9-13-32-14-10-28)26-18(3)27-7-11-31-12-8-27;1-2/h4-6,15,18H,7-14H2,1-3H3;1-2H2/b26-22+;. The van der Waals surface area contributed by atoms with Crippen LogP contribution in [0, 0.1) is 13.8 Å². The van der Waals surface area contributed by atoms with E-state index in [1.165, 1.54) is 3.97 Å². The summed E-state index contributed by atoms with van der Waals surface area (Å²) >= 11 is -0.0139. The van der Waals surface area contributed by atoms with E-state index in [2.05, 4.69) is 27.9 Å². The van der Waals surface area contributed by atoms with E-state index in [1.807, 2.05) is 26.0 Å². The number of carbonyl (C=O) groups is 1. The largest absolute Gasteiger partial charge is 0.379 e. The molecule has 2 aliphatic heterocycles. The SMILES string of the molecule is C=C.Cc1cccc(C(=O)c2nc(C)c(/C(=N\C(C)N3CCOCC3)N3CCOCC3)n2SF)c1. The molecule has 8 nitrogen and oxygen atoms in total. The van der Waals surface area contributed by atoms with Gasteiger partial charge in [0.15, 0.2) is 24.0 Å². The van der Waals surface area contributed by atoms with E-state index >= 15 is 0 Å². The highest BCUT2D eigenvalue weighted by molar-refractivity contribution is 7.92. The van der Waals surface area contributed by atoms with Gasteiger partial charge in [-0.2, -0.15) is 0 Å². The smallest absolute Gasteiger partial charge is 0.229 e. The fourth-order valence-corrected chi connectivity index (χ4v) is 4.64. The van der Waals surface area contributed by atoms with Gasteiger partial charge in [0, 0.05) is 31.7 Å². The van der Waals surface area contributed by atoms with Gasteiger partial charge in [0.25, 0.3) is 0 Å². The third kappa shape index (κ3) is 6.38. The van der Waals surface area contributed by atoms with E-state index in [4.69, 9.17) is 14.5 Å². The van der Waals surface area contributed by atoms with E-state index in [1.54, 1.807) is 19.1 Å². The molecule has 0 N–H and O–H groups in total. The number of carbonyl (C=O) groups excluding carboxylic acids is 1. The number of ketones is 1. The number of imidazole rings is 1. The molecule has 0 radical (unpaired) electrons. The number of hydrogen-bond donors (Lipinski definition) is 0. The van der Waals surface area contributed by atoms with Crippen molar-refractivity contribution >= 4 is 24.0 Å². The van der Waals surface area contributed by atoms with Gasteiger partial charge in [-0.05, 0) is 26.8 Å². The summed E-state index contributed by atoms with van der Waals surface area (Å²) in [5, 5.41) is 0. The van der Waals surface area contributed by atoms with Gasteiger partial charge in [0.2, 0.25) is 5.78 Å². The molecule has 0 aliphatic carbocycles. The average Bonchev–Trinajstić information content (AvgIpc) is 3.24. The summed E-state index contributed by atoms with van der Waals surface area (Å²) in [6.45, 7) is 17.1. The number of morpholine rings is 2. The van der Waals surface area contributed by atoms with Gasteiger partial charge in [-0.25, -0.2) is 13.9 Å². The molecule has 190 valence electrons. The quantitative estimate of drug-likeness (QED) is 0.258. The van der Waals surface area contributed by atoms with Crippen molar-refractivity contribution in [1.29, 1.82) is 0 Å². The van der Waals surface area contributed by atoms with Gasteiger partial charge in [0.05, 0.1) is 32.1 Å². The van der Waals surface area contributed by atoms with Gasteiger partial charge in [-0.1, -0.05) is 23.8 Å². The number of rotatable bonds is 6. The van der Waals surface area contributed by atoms with Crippen LogP contribution < -0.4 is 0 Å². The number of hydrogen-bond acceptors (Lipinski definition) is 7. The second-order valence-corrected chi connectivity index (χ2v) is 8.77. The van der Waals surface area contributed by atoms with Gasteiger partial charge in [-0.3, -0.25) is 9.69 Å². The molecule has 1 aromatic carbocycles. The molecule has 3 heterocycles. The highest BCUT2D eigenvalue weighted by atomic mass is 32.2. The van der Waals surface area contributed by atoms with Crippen molar-refractivity contribution in [3.63, 3.8) is 0 Å². The van der Waals surface area contributed by atoms with Crippen molar-refractivity contribution in [2.24, 2.45) is 4.99 Å². The maximum absolute atomic E-state index is 14.4. The Balaban J connectivity index is 0.00000167. The molecule has 0 saturated carbocycles. The van der Waals surface area contributed by atoms with E-state index in [-0.39, 0.29) is 30.1 Å². The zero-order valence-corrected chi connectivity index (χ0v) is 21.5. The molecule has 2 saturated heterocycles. The van der Waals surface area contributed by atoms with Crippen LogP contribution in [0.25, 0.3) is 0 Å². The predicted octanol–water partition coefficient (Wildman–Crippen LogP) is 3.67. The third-order valence-corrected chi connectivity index (χ3v) is 6.46. The Labute approximate surface area is 211 Å². The lowest BCUT2D eigenvalue weighted by atomic mass is 10.1. The third-order valence-electron chi connectivity index (χ3n) is 5.97. The van der Waals surface area contributed by atoms with E-state index in [0.29, 0.717) is 62.3 Å². The van der Waals surface area contributed by atoms with E-state index in [9.17, 15) is 8.68 Å². The fourth-order valence-electron chi connectivity index (χ4n) is 4.17. The molecule has 10 heteroatoms. The molecule has 35 heavy (non-hydrogen) atoms. The Morgan fingerprint density at radius 2 is 1.74 bits per heavy atom. The average molecular weight is 504 g/mol. The molecule has 0 amide bonds. The Bertz CT molecular complexity index is 1030. The zero-order valence-electron chi connectivity index (χ0n) is 20.7. The number of aromatic nitrogens is 2. The monoisotopic (exact) mass is 503 g/mol. The minimum atomic E-state index is -0.319. The Kier molecular flexibility index (Phi) is 10.0. The summed E-state index contributed by atoms with van der Waals surface area (Å²) in [5.74, 6) is 0.372. The lowest BCUT2D eigenvalue weighted by molar-refractivity contribution is 0.0213. The second-order valence-electron chi connectivity index (χ2n) is 8.26. The predicted molar refractivity (Wildman–Crippen MR) is 138 cm³/mol. The van der Waals surface area contributed by atoms with Crippen molar-refractivity contribution < 1.29 is 18.2 Å².